The SMILES string of the molecule is N=CCC1C=C1c1nc(-c2ccccc2)nc(-c2ccc(C3(c4ccc(-c5nc(-c6ccccc6)nc(-c6ccccn6)n5)cc4)CCCCC3)cc2)n1. The largest absolute Gasteiger partial charge is 0.313 e. The molecule has 1 atom stereocenters. The number of benzene rings is 4. The molecule has 0 aliphatic heterocycles. The van der Waals surface area contributed by atoms with E-state index in [-0.39, 0.29) is 11.3 Å². The molecule has 1 saturated carbocycles. The number of nitrogens with zero attached hydrogens (tertiary/aromatic N) is 7. The van der Waals surface area contributed by atoms with Crippen molar-refractivity contribution < 1.29 is 0 Å². The molecule has 0 spiro atoms. The van der Waals surface area contributed by atoms with Crippen LogP contribution < -0.4 is 0 Å². The van der Waals surface area contributed by atoms with Crippen molar-refractivity contribution in [2.45, 2.75) is 43.9 Å². The van der Waals surface area contributed by atoms with Gasteiger partial charge in [-0.15, -0.1) is 0 Å². The third-order valence-corrected chi connectivity index (χ3v) is 10.6. The van der Waals surface area contributed by atoms with Gasteiger partial charge in [0.05, 0.1) is 0 Å². The highest BCUT2D eigenvalue weighted by molar-refractivity contribution is 5.81. The lowest BCUT2D eigenvalue weighted by molar-refractivity contribution is 0.346. The van der Waals surface area contributed by atoms with E-state index in [1.807, 2.05) is 78.9 Å². The van der Waals surface area contributed by atoms with E-state index in [2.05, 4.69) is 59.6 Å². The summed E-state index contributed by atoms with van der Waals surface area (Å²) in [7, 11) is 0. The molecule has 1 fully saturated rings. The predicted molar refractivity (Wildman–Crippen MR) is 213 cm³/mol. The first kappa shape index (κ1) is 33.3. The maximum absolute atomic E-state index is 7.56. The molecule has 0 radical (unpaired) electrons. The number of nitrogens with one attached hydrogen (secondary N) is 1. The molecule has 9 rings (SSSR count). The Balaban J connectivity index is 1.05. The van der Waals surface area contributed by atoms with E-state index in [4.69, 9.17) is 35.3 Å². The molecule has 8 heteroatoms. The number of pyridine rings is 1. The summed E-state index contributed by atoms with van der Waals surface area (Å²) >= 11 is 0. The second-order valence-electron chi connectivity index (χ2n) is 14.0. The summed E-state index contributed by atoms with van der Waals surface area (Å²) in [5, 5.41) is 7.56. The molecule has 4 aromatic carbocycles. The molecule has 0 saturated heterocycles. The highest BCUT2D eigenvalue weighted by Crippen LogP contribution is 2.46. The van der Waals surface area contributed by atoms with E-state index in [1.54, 1.807) is 6.20 Å². The Labute approximate surface area is 314 Å². The summed E-state index contributed by atoms with van der Waals surface area (Å²) in [5.74, 6) is 4.03. The van der Waals surface area contributed by atoms with Crippen LogP contribution in [0.4, 0.5) is 0 Å². The van der Waals surface area contributed by atoms with Crippen molar-refractivity contribution >= 4 is 11.8 Å². The van der Waals surface area contributed by atoms with Gasteiger partial charge in [0.15, 0.2) is 34.9 Å². The van der Waals surface area contributed by atoms with Crippen LogP contribution in [0.15, 0.2) is 140 Å². The zero-order valence-corrected chi connectivity index (χ0v) is 29.8. The van der Waals surface area contributed by atoms with Crippen molar-refractivity contribution in [2.24, 2.45) is 5.92 Å². The summed E-state index contributed by atoms with van der Waals surface area (Å²) < 4.78 is 0. The van der Waals surface area contributed by atoms with Crippen LogP contribution in [0.1, 0.15) is 55.5 Å². The maximum Gasteiger partial charge on any atom is 0.182 e. The van der Waals surface area contributed by atoms with Gasteiger partial charge in [-0.25, -0.2) is 29.9 Å². The number of rotatable bonds is 10. The monoisotopic (exact) mass is 702 g/mol. The quantitative estimate of drug-likeness (QED) is 0.141. The van der Waals surface area contributed by atoms with Gasteiger partial charge in [0.1, 0.15) is 5.69 Å². The van der Waals surface area contributed by atoms with Crippen molar-refractivity contribution in [2.75, 3.05) is 0 Å². The Morgan fingerprint density at radius 3 is 1.44 bits per heavy atom. The van der Waals surface area contributed by atoms with E-state index < -0.39 is 0 Å². The summed E-state index contributed by atoms with van der Waals surface area (Å²) in [6.45, 7) is 0. The fourth-order valence-electron chi connectivity index (χ4n) is 7.69. The van der Waals surface area contributed by atoms with Crippen LogP contribution in [-0.4, -0.2) is 41.1 Å². The standard InChI is InChI=1S/C46H38N8/c47-28-25-35-30-38(35)44-51-40(31-12-4-1-5-13-31)49-42(52-44)33-17-21-36(22-18-33)46(26-9-3-10-27-46)37-23-19-34(20-24-37)43-50-41(32-14-6-2-7-15-32)53-45(54-43)39-16-8-11-29-48-39/h1-2,4-8,11-24,28-30,35,47H,3,9-10,25-27H2. The van der Waals surface area contributed by atoms with Gasteiger partial charge in [-0.1, -0.05) is 141 Å². The van der Waals surface area contributed by atoms with E-state index in [1.165, 1.54) is 36.6 Å². The van der Waals surface area contributed by atoms with Gasteiger partial charge in [0.25, 0.3) is 0 Å². The molecule has 0 bridgehead atoms. The Morgan fingerprint density at radius 2 is 0.963 bits per heavy atom. The zero-order valence-electron chi connectivity index (χ0n) is 29.8. The normalized spacial score (nSPS) is 16.0. The molecule has 1 unspecified atom stereocenters. The average Bonchev–Trinajstić information content (AvgIpc) is 4.04. The van der Waals surface area contributed by atoms with Crippen molar-refractivity contribution in [3.05, 3.63) is 157 Å². The summed E-state index contributed by atoms with van der Waals surface area (Å²) in [6, 6.07) is 43.6. The molecule has 262 valence electrons. The minimum absolute atomic E-state index is 0.110. The second kappa shape index (κ2) is 14.5. The molecule has 2 aliphatic carbocycles. The molecule has 0 amide bonds. The highest BCUT2D eigenvalue weighted by atomic mass is 15.1. The lowest BCUT2D eigenvalue weighted by atomic mass is 9.65. The van der Waals surface area contributed by atoms with Gasteiger partial charge in [-0.05, 0) is 48.7 Å². The van der Waals surface area contributed by atoms with Crippen molar-refractivity contribution in [1.82, 2.24) is 34.9 Å². The molecule has 3 aromatic heterocycles. The summed E-state index contributed by atoms with van der Waals surface area (Å²) in [4.78, 5) is 33.9. The first-order valence-corrected chi connectivity index (χ1v) is 18.6. The lowest BCUT2D eigenvalue weighted by Gasteiger charge is -2.39. The van der Waals surface area contributed by atoms with Crippen molar-refractivity contribution in [1.29, 1.82) is 5.41 Å². The minimum atomic E-state index is -0.110. The molecule has 1 N–H and O–H groups in total. The van der Waals surface area contributed by atoms with Crippen LogP contribution in [0.3, 0.4) is 0 Å². The Hall–Kier alpha value is -6.54. The smallest absolute Gasteiger partial charge is 0.182 e. The molecular weight excluding hydrogens is 665 g/mol. The average molecular weight is 703 g/mol. The van der Waals surface area contributed by atoms with Gasteiger partial charge < -0.3 is 5.41 Å². The number of allylic oxidation sites excluding steroid dienone is 2. The van der Waals surface area contributed by atoms with E-state index >= 15 is 0 Å². The highest BCUT2D eigenvalue weighted by Gasteiger charge is 2.36. The van der Waals surface area contributed by atoms with Crippen molar-refractivity contribution in [3.63, 3.8) is 0 Å². The molecule has 54 heavy (non-hydrogen) atoms. The topological polar surface area (TPSA) is 114 Å². The first-order chi connectivity index (χ1) is 26.7. The Bertz CT molecular complexity index is 2380. The van der Waals surface area contributed by atoms with Crippen LogP contribution in [0.5, 0.6) is 0 Å². The lowest BCUT2D eigenvalue weighted by Crippen LogP contribution is -2.30. The van der Waals surface area contributed by atoms with Gasteiger partial charge in [-0.2, -0.15) is 0 Å². The molecule has 7 aromatic rings. The fraction of sp³-hybridized carbons (Fsp3) is 0.174. The zero-order chi connectivity index (χ0) is 36.3. The summed E-state index contributed by atoms with van der Waals surface area (Å²) in [6.07, 6.45) is 11.8. The fourth-order valence-corrected chi connectivity index (χ4v) is 7.69. The van der Waals surface area contributed by atoms with Gasteiger partial charge in [0.2, 0.25) is 0 Å². The van der Waals surface area contributed by atoms with Gasteiger partial charge in [0, 0.05) is 45.4 Å². The summed E-state index contributed by atoms with van der Waals surface area (Å²) in [5.41, 5.74) is 8.06. The van der Waals surface area contributed by atoms with E-state index in [0.29, 0.717) is 47.1 Å². The number of aromatic nitrogens is 7. The maximum atomic E-state index is 7.56. The third kappa shape index (κ3) is 6.63. The predicted octanol–water partition coefficient (Wildman–Crippen LogP) is 10.1. The molecular formula is C46H38N8. The molecule has 3 heterocycles. The van der Waals surface area contributed by atoms with Crippen LogP contribution in [0.25, 0.3) is 62.6 Å². The first-order valence-electron chi connectivity index (χ1n) is 18.6. The molecule has 2 aliphatic rings. The van der Waals surface area contributed by atoms with E-state index in [9.17, 15) is 0 Å². The van der Waals surface area contributed by atoms with Gasteiger partial charge >= 0.3 is 0 Å². The van der Waals surface area contributed by atoms with E-state index in [0.717, 1.165) is 40.7 Å². The molecule has 8 nitrogen and oxygen atoms in total. The van der Waals surface area contributed by atoms with Crippen molar-refractivity contribution in [3.8, 4) is 57.1 Å². The Kier molecular flexibility index (Phi) is 8.92. The van der Waals surface area contributed by atoms with Crippen LogP contribution in [0, 0.1) is 11.3 Å². The van der Waals surface area contributed by atoms with Crippen LogP contribution in [-0.2, 0) is 5.41 Å². The van der Waals surface area contributed by atoms with Gasteiger partial charge in [-0.3, -0.25) is 4.98 Å². The number of hydrogen-bond acceptors (Lipinski definition) is 8. The van der Waals surface area contributed by atoms with Crippen LogP contribution >= 0.6 is 0 Å². The second-order valence-corrected chi connectivity index (χ2v) is 14.0. The Morgan fingerprint density at radius 1 is 0.500 bits per heavy atom. The number of hydrogen-bond donors (Lipinski definition) is 1. The van der Waals surface area contributed by atoms with Crippen LogP contribution in [0.2, 0.25) is 0 Å². The third-order valence-electron chi connectivity index (χ3n) is 10.6. The minimum Gasteiger partial charge on any atom is -0.313 e.